The molecule has 3 nitrogen and oxygen atoms in total. The highest BCUT2D eigenvalue weighted by molar-refractivity contribution is 5.89. The highest BCUT2D eigenvalue weighted by Crippen LogP contribution is 2.11. The maximum absolute atomic E-state index is 11.7. The number of ether oxygens (including phenoxy) is 1. The van der Waals surface area contributed by atoms with Crippen molar-refractivity contribution in [3.63, 3.8) is 0 Å². The van der Waals surface area contributed by atoms with Gasteiger partial charge in [-0.2, -0.15) is 0 Å². The normalized spacial score (nSPS) is 12.1. The fourth-order valence-corrected chi connectivity index (χ4v) is 2.10. The summed E-state index contributed by atoms with van der Waals surface area (Å²) < 4.78 is 5.00. The molecule has 0 spiro atoms. The van der Waals surface area contributed by atoms with Crippen molar-refractivity contribution in [3.8, 4) is 0 Å². The molecule has 1 aromatic rings. The number of hydrogen-bond donors (Lipinski definition) is 1. The number of unbranched alkanes of at least 4 members (excludes halogenated alkanes) is 6. The standard InChI is InChI=1S/C17H26O3/c1-2-3-4-5-6-7-11-14-16(18)20-17(19)15-12-9-8-10-13-15/h8-10,12-13,16,18H,2-7,11,14H2,1H3. The first-order valence-corrected chi connectivity index (χ1v) is 7.68. The van der Waals surface area contributed by atoms with Crippen molar-refractivity contribution in [2.45, 2.75) is 64.6 Å². The zero-order valence-electron chi connectivity index (χ0n) is 12.4. The van der Waals surface area contributed by atoms with Gasteiger partial charge in [-0.05, 0) is 18.6 Å². The number of aliphatic hydroxyl groups is 1. The first-order valence-electron chi connectivity index (χ1n) is 7.68. The van der Waals surface area contributed by atoms with E-state index in [0.717, 1.165) is 12.8 Å². The van der Waals surface area contributed by atoms with Gasteiger partial charge in [0.1, 0.15) is 0 Å². The SMILES string of the molecule is CCCCCCCCCC(O)OC(=O)c1ccccc1. The molecule has 0 amide bonds. The third-order valence-electron chi connectivity index (χ3n) is 3.31. The van der Waals surface area contributed by atoms with Gasteiger partial charge in [0.05, 0.1) is 5.56 Å². The van der Waals surface area contributed by atoms with Gasteiger partial charge in [-0.1, -0.05) is 63.6 Å². The van der Waals surface area contributed by atoms with E-state index in [1.165, 1.54) is 32.1 Å². The largest absolute Gasteiger partial charge is 0.432 e. The molecular formula is C17H26O3. The van der Waals surface area contributed by atoms with Gasteiger partial charge >= 0.3 is 5.97 Å². The van der Waals surface area contributed by atoms with Crippen molar-refractivity contribution in [2.75, 3.05) is 0 Å². The van der Waals surface area contributed by atoms with E-state index < -0.39 is 12.3 Å². The third-order valence-corrected chi connectivity index (χ3v) is 3.31. The number of esters is 1. The Morgan fingerprint density at radius 2 is 1.65 bits per heavy atom. The number of carbonyl (C=O) groups excluding carboxylic acids is 1. The summed E-state index contributed by atoms with van der Waals surface area (Å²) in [6.45, 7) is 2.21. The second-order valence-electron chi connectivity index (χ2n) is 5.14. The molecule has 0 radical (unpaired) electrons. The molecule has 1 aromatic carbocycles. The quantitative estimate of drug-likeness (QED) is 0.394. The molecule has 20 heavy (non-hydrogen) atoms. The number of benzene rings is 1. The fourth-order valence-electron chi connectivity index (χ4n) is 2.10. The molecule has 0 aliphatic heterocycles. The average Bonchev–Trinajstić information content (AvgIpc) is 2.47. The first-order chi connectivity index (χ1) is 9.74. The second kappa shape index (κ2) is 10.4. The lowest BCUT2D eigenvalue weighted by molar-refractivity contribution is -0.0694. The monoisotopic (exact) mass is 278 g/mol. The van der Waals surface area contributed by atoms with Gasteiger partial charge in [0.25, 0.3) is 0 Å². The van der Waals surface area contributed by atoms with Gasteiger partial charge in [0.2, 0.25) is 6.29 Å². The second-order valence-corrected chi connectivity index (χ2v) is 5.14. The molecule has 112 valence electrons. The van der Waals surface area contributed by atoms with Crippen LogP contribution in [0.15, 0.2) is 30.3 Å². The molecule has 0 saturated heterocycles. The summed E-state index contributed by atoms with van der Waals surface area (Å²) in [7, 11) is 0. The van der Waals surface area contributed by atoms with Crippen LogP contribution < -0.4 is 0 Å². The van der Waals surface area contributed by atoms with E-state index in [9.17, 15) is 9.90 Å². The van der Waals surface area contributed by atoms with Crippen LogP contribution in [0.1, 0.15) is 68.6 Å². The van der Waals surface area contributed by atoms with Crippen molar-refractivity contribution in [3.05, 3.63) is 35.9 Å². The van der Waals surface area contributed by atoms with Gasteiger partial charge < -0.3 is 9.84 Å². The molecule has 1 N–H and O–H groups in total. The Morgan fingerprint density at radius 1 is 1.05 bits per heavy atom. The molecule has 0 aromatic heterocycles. The van der Waals surface area contributed by atoms with Gasteiger partial charge in [0.15, 0.2) is 0 Å². The Morgan fingerprint density at radius 3 is 2.30 bits per heavy atom. The highest BCUT2D eigenvalue weighted by atomic mass is 16.6. The van der Waals surface area contributed by atoms with Gasteiger partial charge in [-0.3, -0.25) is 0 Å². The number of aliphatic hydroxyl groups excluding tert-OH is 1. The Labute approximate surface area is 122 Å². The molecule has 0 heterocycles. The van der Waals surface area contributed by atoms with Crippen LogP contribution in [0.3, 0.4) is 0 Å². The van der Waals surface area contributed by atoms with Crippen LogP contribution in [-0.2, 0) is 4.74 Å². The van der Waals surface area contributed by atoms with Crippen LogP contribution in [0.25, 0.3) is 0 Å². The van der Waals surface area contributed by atoms with Crippen LogP contribution >= 0.6 is 0 Å². The van der Waals surface area contributed by atoms with Crippen molar-refractivity contribution >= 4 is 5.97 Å². The van der Waals surface area contributed by atoms with Gasteiger partial charge in [0, 0.05) is 6.42 Å². The molecule has 3 heteroatoms. The molecule has 0 aliphatic carbocycles. The average molecular weight is 278 g/mol. The van der Waals surface area contributed by atoms with Crippen LogP contribution in [0, 0.1) is 0 Å². The van der Waals surface area contributed by atoms with Crippen LogP contribution in [0.4, 0.5) is 0 Å². The molecule has 0 saturated carbocycles. The summed E-state index contributed by atoms with van der Waals surface area (Å²) in [5, 5.41) is 9.68. The molecule has 1 rings (SSSR count). The molecule has 0 fully saturated rings. The van der Waals surface area contributed by atoms with E-state index in [0.29, 0.717) is 12.0 Å². The zero-order chi connectivity index (χ0) is 14.6. The molecule has 1 unspecified atom stereocenters. The summed E-state index contributed by atoms with van der Waals surface area (Å²) in [6.07, 6.45) is 7.82. The Hall–Kier alpha value is -1.35. The summed E-state index contributed by atoms with van der Waals surface area (Å²) in [4.78, 5) is 11.7. The maximum Gasteiger partial charge on any atom is 0.340 e. The van der Waals surface area contributed by atoms with E-state index >= 15 is 0 Å². The lowest BCUT2D eigenvalue weighted by atomic mass is 10.1. The smallest absolute Gasteiger partial charge is 0.340 e. The van der Waals surface area contributed by atoms with Crippen LogP contribution in [-0.4, -0.2) is 17.4 Å². The predicted octanol–water partition coefficient (Wildman–Crippen LogP) is 4.30. The summed E-state index contributed by atoms with van der Waals surface area (Å²) in [5.74, 6) is -0.457. The van der Waals surface area contributed by atoms with Crippen LogP contribution in [0.2, 0.25) is 0 Å². The summed E-state index contributed by atoms with van der Waals surface area (Å²) in [5.41, 5.74) is 0.478. The summed E-state index contributed by atoms with van der Waals surface area (Å²) >= 11 is 0. The minimum absolute atomic E-state index is 0.457. The minimum Gasteiger partial charge on any atom is -0.432 e. The maximum atomic E-state index is 11.7. The Bertz CT molecular complexity index is 362. The number of carbonyl (C=O) groups is 1. The van der Waals surface area contributed by atoms with Crippen molar-refractivity contribution in [1.82, 2.24) is 0 Å². The first kappa shape index (κ1) is 16.7. The van der Waals surface area contributed by atoms with E-state index in [-0.39, 0.29) is 0 Å². The van der Waals surface area contributed by atoms with Crippen molar-refractivity contribution in [2.24, 2.45) is 0 Å². The highest BCUT2D eigenvalue weighted by Gasteiger charge is 2.12. The van der Waals surface area contributed by atoms with E-state index in [2.05, 4.69) is 6.92 Å². The fraction of sp³-hybridized carbons (Fsp3) is 0.588. The zero-order valence-corrected chi connectivity index (χ0v) is 12.4. The number of rotatable bonds is 10. The summed E-state index contributed by atoms with van der Waals surface area (Å²) in [6, 6.07) is 8.76. The van der Waals surface area contributed by atoms with Crippen LogP contribution in [0.5, 0.6) is 0 Å². The van der Waals surface area contributed by atoms with Crippen molar-refractivity contribution < 1.29 is 14.6 Å². The van der Waals surface area contributed by atoms with Crippen molar-refractivity contribution in [1.29, 1.82) is 0 Å². The predicted molar refractivity (Wildman–Crippen MR) is 80.5 cm³/mol. The lowest BCUT2D eigenvalue weighted by Crippen LogP contribution is -2.17. The topological polar surface area (TPSA) is 46.5 Å². The van der Waals surface area contributed by atoms with E-state index in [4.69, 9.17) is 4.74 Å². The molecule has 0 aliphatic rings. The number of hydrogen-bond acceptors (Lipinski definition) is 3. The van der Waals surface area contributed by atoms with E-state index in [1.807, 2.05) is 6.07 Å². The third kappa shape index (κ3) is 7.29. The molecule has 1 atom stereocenters. The Balaban J connectivity index is 2.08. The molecular weight excluding hydrogens is 252 g/mol. The van der Waals surface area contributed by atoms with E-state index in [1.54, 1.807) is 24.3 Å². The van der Waals surface area contributed by atoms with Gasteiger partial charge in [-0.15, -0.1) is 0 Å². The minimum atomic E-state index is -0.988. The Kier molecular flexibility index (Phi) is 8.72. The molecule has 0 bridgehead atoms. The lowest BCUT2D eigenvalue weighted by Gasteiger charge is -2.11. The van der Waals surface area contributed by atoms with Gasteiger partial charge in [-0.25, -0.2) is 4.79 Å².